The van der Waals surface area contributed by atoms with Gasteiger partial charge in [0.25, 0.3) is 11.7 Å². The third-order valence-electron chi connectivity index (χ3n) is 5.46. The Morgan fingerprint density at radius 3 is 2.26 bits per heavy atom. The lowest BCUT2D eigenvalue weighted by Gasteiger charge is -2.26. The van der Waals surface area contributed by atoms with Gasteiger partial charge in [-0.25, -0.2) is 4.39 Å². The van der Waals surface area contributed by atoms with E-state index in [9.17, 15) is 19.1 Å². The van der Waals surface area contributed by atoms with Crippen LogP contribution in [0.3, 0.4) is 0 Å². The molecule has 1 heterocycles. The van der Waals surface area contributed by atoms with E-state index in [4.69, 9.17) is 9.47 Å². The number of ether oxygens (including phenoxy) is 2. The van der Waals surface area contributed by atoms with Gasteiger partial charge in [-0.2, -0.15) is 0 Å². The minimum absolute atomic E-state index is 0.0208. The molecular weight excluding hydrogens is 437 g/mol. The average Bonchev–Trinajstić information content (AvgIpc) is 3.10. The number of halogens is 1. The average molecular weight is 461 g/mol. The Labute approximate surface area is 196 Å². The molecule has 3 aromatic carbocycles. The number of aliphatic hydroxyl groups excluding tert-OH is 1. The number of benzene rings is 3. The zero-order valence-corrected chi connectivity index (χ0v) is 19.0. The van der Waals surface area contributed by atoms with E-state index in [1.54, 1.807) is 48.5 Å². The van der Waals surface area contributed by atoms with Gasteiger partial charge < -0.3 is 14.6 Å². The zero-order chi connectivity index (χ0) is 24.4. The maximum atomic E-state index is 13.4. The second-order valence-corrected chi connectivity index (χ2v) is 8.11. The second kappa shape index (κ2) is 9.39. The largest absolute Gasteiger partial charge is 0.507 e. The van der Waals surface area contributed by atoms with Gasteiger partial charge in [0.2, 0.25) is 0 Å². The number of nitrogens with zero attached hydrogens (tertiary/aromatic N) is 1. The lowest BCUT2D eigenvalue weighted by Crippen LogP contribution is -2.29. The number of hydrogen-bond acceptors (Lipinski definition) is 5. The minimum atomic E-state index is -0.919. The Hall–Kier alpha value is -4.13. The van der Waals surface area contributed by atoms with E-state index in [0.29, 0.717) is 22.7 Å². The van der Waals surface area contributed by atoms with Crippen LogP contribution in [0.5, 0.6) is 11.5 Å². The number of anilines is 1. The van der Waals surface area contributed by atoms with Crippen LogP contribution >= 0.6 is 0 Å². The van der Waals surface area contributed by atoms with Gasteiger partial charge in [0.1, 0.15) is 23.1 Å². The molecule has 0 spiro atoms. The molecule has 1 fully saturated rings. The molecule has 1 atom stereocenters. The molecule has 3 aromatic rings. The molecule has 4 rings (SSSR count). The quantitative estimate of drug-likeness (QED) is 0.308. The molecule has 0 saturated carbocycles. The number of carbonyl (C=O) groups is 2. The zero-order valence-electron chi connectivity index (χ0n) is 19.0. The highest BCUT2D eigenvalue weighted by atomic mass is 19.1. The molecule has 0 aromatic heterocycles. The summed E-state index contributed by atoms with van der Waals surface area (Å²) in [4.78, 5) is 27.7. The van der Waals surface area contributed by atoms with Gasteiger partial charge in [-0.05, 0) is 80.1 Å². The van der Waals surface area contributed by atoms with Gasteiger partial charge in [-0.1, -0.05) is 12.1 Å². The Balaban J connectivity index is 1.88. The normalized spacial score (nSPS) is 17.3. The van der Waals surface area contributed by atoms with Crippen LogP contribution in [0.4, 0.5) is 10.1 Å². The van der Waals surface area contributed by atoms with Crippen LogP contribution in [-0.2, 0) is 9.59 Å². The topological polar surface area (TPSA) is 76.1 Å². The molecule has 1 aliphatic heterocycles. The van der Waals surface area contributed by atoms with Gasteiger partial charge in [0.15, 0.2) is 0 Å². The summed E-state index contributed by atoms with van der Waals surface area (Å²) in [5.74, 6) is -1.32. The van der Waals surface area contributed by atoms with Crippen molar-refractivity contribution in [2.45, 2.75) is 26.0 Å². The summed E-state index contributed by atoms with van der Waals surface area (Å²) in [5, 5.41) is 11.1. The lowest BCUT2D eigenvalue weighted by atomic mass is 9.95. The van der Waals surface area contributed by atoms with E-state index in [1.807, 2.05) is 13.8 Å². The van der Waals surface area contributed by atoms with Crippen molar-refractivity contribution in [3.63, 3.8) is 0 Å². The van der Waals surface area contributed by atoms with Crippen molar-refractivity contribution in [1.29, 1.82) is 0 Å². The molecule has 1 amide bonds. The summed E-state index contributed by atoms with van der Waals surface area (Å²) >= 11 is 0. The fraction of sp³-hybridized carbons (Fsp3) is 0.185. The van der Waals surface area contributed by atoms with Crippen LogP contribution in [-0.4, -0.2) is 30.0 Å². The maximum Gasteiger partial charge on any atom is 0.300 e. The van der Waals surface area contributed by atoms with Crippen LogP contribution in [0.1, 0.15) is 31.0 Å². The predicted molar refractivity (Wildman–Crippen MR) is 126 cm³/mol. The molecular formula is C27H24FNO5. The van der Waals surface area contributed by atoms with Crippen LogP contribution in [0, 0.1) is 5.82 Å². The van der Waals surface area contributed by atoms with Crippen molar-refractivity contribution in [3.05, 3.63) is 95.3 Å². The Kier molecular flexibility index (Phi) is 6.36. The first-order chi connectivity index (χ1) is 16.3. The van der Waals surface area contributed by atoms with E-state index >= 15 is 0 Å². The molecule has 1 aliphatic rings. The third kappa shape index (κ3) is 4.37. The first-order valence-corrected chi connectivity index (χ1v) is 10.8. The smallest absolute Gasteiger partial charge is 0.300 e. The summed E-state index contributed by atoms with van der Waals surface area (Å²) in [6.07, 6.45) is -0.0208. The summed E-state index contributed by atoms with van der Waals surface area (Å²) in [6, 6.07) is 17.9. The fourth-order valence-corrected chi connectivity index (χ4v) is 3.95. The van der Waals surface area contributed by atoms with E-state index in [0.717, 1.165) is 0 Å². The molecule has 6 nitrogen and oxygen atoms in total. The summed E-state index contributed by atoms with van der Waals surface area (Å²) < 4.78 is 24.4. The molecule has 1 N–H and O–H groups in total. The highest BCUT2D eigenvalue weighted by Crippen LogP contribution is 2.43. The van der Waals surface area contributed by atoms with Crippen LogP contribution in [0.2, 0.25) is 0 Å². The second-order valence-electron chi connectivity index (χ2n) is 8.11. The van der Waals surface area contributed by atoms with Crippen molar-refractivity contribution in [1.82, 2.24) is 0 Å². The van der Waals surface area contributed by atoms with E-state index in [1.165, 1.54) is 36.3 Å². The predicted octanol–water partition coefficient (Wildman–Crippen LogP) is 5.25. The molecule has 1 saturated heterocycles. The highest BCUT2D eigenvalue weighted by Gasteiger charge is 2.47. The standard InChI is InChI=1S/C27H24FNO5/c1-16(2)34-21-13-11-20(12-14-21)29-24(18-5-4-6-22(15-18)33-3)23(26(31)27(29)32)25(30)17-7-9-19(28)10-8-17/h4-16,24,30H,1-3H3/b25-23-. The van der Waals surface area contributed by atoms with Gasteiger partial charge in [0, 0.05) is 11.3 Å². The van der Waals surface area contributed by atoms with Gasteiger partial charge in [-0.3, -0.25) is 14.5 Å². The lowest BCUT2D eigenvalue weighted by molar-refractivity contribution is -0.132. The molecule has 0 bridgehead atoms. The monoisotopic (exact) mass is 461 g/mol. The summed E-state index contributed by atoms with van der Waals surface area (Å²) in [7, 11) is 1.52. The first kappa shape index (κ1) is 23.0. The number of hydrogen-bond donors (Lipinski definition) is 1. The number of carbonyl (C=O) groups excluding carboxylic acids is 2. The molecule has 0 aliphatic carbocycles. The van der Waals surface area contributed by atoms with Crippen LogP contribution in [0.25, 0.3) is 5.76 Å². The van der Waals surface area contributed by atoms with Gasteiger partial charge in [-0.15, -0.1) is 0 Å². The third-order valence-corrected chi connectivity index (χ3v) is 5.46. The van der Waals surface area contributed by atoms with Gasteiger partial charge in [0.05, 0.1) is 24.8 Å². The molecule has 7 heteroatoms. The first-order valence-electron chi connectivity index (χ1n) is 10.8. The Morgan fingerprint density at radius 1 is 0.971 bits per heavy atom. The van der Waals surface area contributed by atoms with Crippen molar-refractivity contribution in [3.8, 4) is 11.5 Å². The number of methoxy groups -OCH3 is 1. The molecule has 1 unspecified atom stereocenters. The number of amides is 1. The van der Waals surface area contributed by atoms with Gasteiger partial charge >= 0.3 is 0 Å². The molecule has 0 radical (unpaired) electrons. The van der Waals surface area contributed by atoms with Crippen LogP contribution in [0.15, 0.2) is 78.4 Å². The summed E-state index contributed by atoms with van der Waals surface area (Å²) in [5.41, 5.74) is 1.18. The van der Waals surface area contributed by atoms with E-state index in [-0.39, 0.29) is 23.0 Å². The van der Waals surface area contributed by atoms with Crippen molar-refractivity contribution < 1.29 is 28.6 Å². The Morgan fingerprint density at radius 2 is 1.65 bits per heavy atom. The van der Waals surface area contributed by atoms with E-state index in [2.05, 4.69) is 0 Å². The summed E-state index contributed by atoms with van der Waals surface area (Å²) in [6.45, 7) is 3.81. The Bertz CT molecular complexity index is 1250. The van der Waals surface area contributed by atoms with Crippen LogP contribution < -0.4 is 14.4 Å². The molecule has 174 valence electrons. The highest BCUT2D eigenvalue weighted by molar-refractivity contribution is 6.51. The maximum absolute atomic E-state index is 13.4. The van der Waals surface area contributed by atoms with Crippen molar-refractivity contribution in [2.75, 3.05) is 12.0 Å². The number of Topliss-reactive ketones (excluding diaryl/α,β-unsaturated/α-hetero) is 1. The van der Waals surface area contributed by atoms with Crippen molar-refractivity contribution >= 4 is 23.1 Å². The van der Waals surface area contributed by atoms with Crippen molar-refractivity contribution in [2.24, 2.45) is 0 Å². The fourth-order valence-electron chi connectivity index (χ4n) is 3.95. The number of aliphatic hydroxyl groups is 1. The van der Waals surface area contributed by atoms with E-state index < -0.39 is 23.5 Å². The number of rotatable bonds is 6. The minimum Gasteiger partial charge on any atom is -0.507 e. The molecule has 34 heavy (non-hydrogen) atoms. The SMILES string of the molecule is COc1cccc(C2/C(=C(/O)c3ccc(F)cc3)C(=O)C(=O)N2c2ccc(OC(C)C)cc2)c1. The number of ketones is 1.